The Balaban J connectivity index is 0. The van der Waals surface area contributed by atoms with Crippen LogP contribution in [0.3, 0.4) is 0 Å². The molecule has 0 aliphatic carbocycles. The number of carboxylic acid groups (broad SMARTS) is 4. The summed E-state index contributed by atoms with van der Waals surface area (Å²) in [6, 6.07) is 3.90. The maximum atomic E-state index is 10.6. The van der Waals surface area contributed by atoms with Crippen LogP contribution in [0.25, 0.3) is 10.9 Å². The first-order valence-corrected chi connectivity index (χ1v) is 10.3. The Hall–Kier alpha value is -3.60. The number of hydrogen-bond donors (Lipinski definition) is 11. The number of carbonyl (C=O) groups is 4. The summed E-state index contributed by atoms with van der Waals surface area (Å²) in [4.78, 5) is 42.8. The van der Waals surface area contributed by atoms with E-state index in [1.54, 1.807) is 0 Å². The predicted molar refractivity (Wildman–Crippen MR) is 129 cm³/mol. The number of benzene rings is 1. The zero-order valence-electron chi connectivity index (χ0n) is 19.8. The lowest BCUT2D eigenvalue weighted by Gasteiger charge is -2.06. The molecule has 204 valence electrons. The first-order valence-electron chi connectivity index (χ1n) is 10.3. The number of para-hydroxylation sites is 1. The minimum Gasteiger partial charge on any atom is -0.480 e. The summed E-state index contributed by atoms with van der Waals surface area (Å²) in [5, 5.41) is 50.1. The number of nitrogens with one attached hydrogen (secondary N) is 1. The molecule has 0 bridgehead atoms. The average Bonchev–Trinajstić information content (AvgIpc) is 3.21. The second kappa shape index (κ2) is 17.8. The molecule has 5 atom stereocenters. The van der Waals surface area contributed by atoms with Crippen LogP contribution in [-0.4, -0.2) is 96.4 Å². The summed E-state index contributed by atoms with van der Waals surface area (Å²) in [6.45, 7) is 2.25. The second-order valence-electron chi connectivity index (χ2n) is 7.37. The molecule has 0 amide bonds. The van der Waals surface area contributed by atoms with Crippen molar-refractivity contribution in [1.82, 2.24) is 4.98 Å². The van der Waals surface area contributed by atoms with Gasteiger partial charge in [-0.3, -0.25) is 19.2 Å². The third kappa shape index (κ3) is 14.6. The fourth-order valence-corrected chi connectivity index (χ4v) is 1.91. The van der Waals surface area contributed by atoms with Crippen LogP contribution >= 0.6 is 0 Å². The van der Waals surface area contributed by atoms with Gasteiger partial charge in [0, 0.05) is 23.5 Å². The summed E-state index contributed by atoms with van der Waals surface area (Å²) < 4.78 is 0. The molecule has 15 nitrogen and oxygen atoms in total. The van der Waals surface area contributed by atoms with Crippen LogP contribution in [-0.2, 0) is 25.6 Å². The van der Waals surface area contributed by atoms with Gasteiger partial charge in [0.1, 0.15) is 24.2 Å². The quantitative estimate of drug-likeness (QED) is 0.176. The molecule has 0 radical (unpaired) electrons. The van der Waals surface area contributed by atoms with Crippen molar-refractivity contribution >= 4 is 34.8 Å². The number of nitrogens with two attached hydrogens (primary N) is 4. The van der Waals surface area contributed by atoms with Gasteiger partial charge < -0.3 is 58.6 Å². The summed E-state index contributed by atoms with van der Waals surface area (Å²) >= 11 is 0. The number of aliphatic carboxylic acids is 4. The Labute approximate surface area is 206 Å². The van der Waals surface area contributed by atoms with Crippen LogP contribution in [0.5, 0.6) is 0 Å². The molecule has 0 saturated carbocycles. The third-order valence-electron chi connectivity index (χ3n) is 4.14. The van der Waals surface area contributed by atoms with Crippen molar-refractivity contribution in [2.75, 3.05) is 6.61 Å². The van der Waals surface area contributed by atoms with Crippen molar-refractivity contribution in [2.24, 2.45) is 22.9 Å². The number of fused-ring (bicyclic) bond motifs is 1. The topological polar surface area (TPSA) is 310 Å². The summed E-state index contributed by atoms with van der Waals surface area (Å²) in [6.07, 6.45) is 1.18. The molecule has 1 heterocycles. The zero-order chi connectivity index (χ0) is 28.6. The van der Waals surface area contributed by atoms with Crippen LogP contribution in [0.15, 0.2) is 30.5 Å². The molecule has 0 saturated heterocycles. The van der Waals surface area contributed by atoms with Gasteiger partial charge in [0.05, 0.1) is 12.7 Å². The highest BCUT2D eigenvalue weighted by atomic mass is 16.4. The standard InChI is InChI=1S/C11H12N2O2.C4H9NO3.C3H7NO3.C3H7NO2/c12-9(11(14)15)5-7-6-13-10-4-2-1-3-8(7)10;1-2(6)3(5)4(7)8;4-2(1-5)3(6)7;1-2(4)3(5)6/h1-4,6,9,13H,5,12H2,(H,14,15);2-3,6H,5H2,1H3,(H,7,8);2,5H,1,4H2,(H,6,7);2H,4H2,1H3,(H,5,6). The molecule has 0 fully saturated rings. The Morgan fingerprint density at radius 2 is 1.31 bits per heavy atom. The molecule has 1 aromatic heterocycles. The van der Waals surface area contributed by atoms with Crippen LogP contribution < -0.4 is 22.9 Å². The highest BCUT2D eigenvalue weighted by Crippen LogP contribution is 2.18. The van der Waals surface area contributed by atoms with E-state index in [4.69, 9.17) is 53.6 Å². The largest absolute Gasteiger partial charge is 0.480 e. The van der Waals surface area contributed by atoms with Crippen molar-refractivity contribution in [2.45, 2.75) is 50.5 Å². The van der Waals surface area contributed by atoms with Crippen LogP contribution in [0.2, 0.25) is 0 Å². The van der Waals surface area contributed by atoms with Gasteiger partial charge in [0.15, 0.2) is 0 Å². The van der Waals surface area contributed by atoms with Gasteiger partial charge >= 0.3 is 23.9 Å². The highest BCUT2D eigenvalue weighted by molar-refractivity contribution is 5.84. The van der Waals surface area contributed by atoms with E-state index in [-0.39, 0.29) is 0 Å². The van der Waals surface area contributed by atoms with E-state index in [2.05, 4.69) is 4.98 Å². The van der Waals surface area contributed by atoms with Crippen LogP contribution in [0.4, 0.5) is 0 Å². The van der Waals surface area contributed by atoms with E-state index >= 15 is 0 Å². The molecule has 2 aromatic rings. The average molecular weight is 518 g/mol. The Morgan fingerprint density at radius 1 is 0.833 bits per heavy atom. The molecule has 0 aliphatic heterocycles. The van der Waals surface area contributed by atoms with Gasteiger partial charge in [0.25, 0.3) is 0 Å². The van der Waals surface area contributed by atoms with Crippen molar-refractivity contribution in [3.63, 3.8) is 0 Å². The number of aliphatic hydroxyl groups excluding tert-OH is 2. The number of aromatic nitrogens is 1. The van der Waals surface area contributed by atoms with Gasteiger partial charge in [-0.05, 0) is 25.5 Å². The molecule has 2 rings (SSSR count). The van der Waals surface area contributed by atoms with Gasteiger partial charge in [-0.15, -0.1) is 0 Å². The number of hydrogen-bond acceptors (Lipinski definition) is 10. The number of carboxylic acids is 4. The van der Waals surface area contributed by atoms with Gasteiger partial charge in [0.2, 0.25) is 0 Å². The van der Waals surface area contributed by atoms with Gasteiger partial charge in [-0.2, -0.15) is 0 Å². The number of aliphatic hydroxyl groups is 2. The number of rotatable bonds is 8. The Kier molecular flexibility index (Phi) is 17.1. The fourth-order valence-electron chi connectivity index (χ4n) is 1.91. The number of H-pyrrole nitrogens is 1. The zero-order valence-corrected chi connectivity index (χ0v) is 19.8. The highest BCUT2D eigenvalue weighted by Gasteiger charge is 2.16. The smallest absolute Gasteiger partial charge is 0.323 e. The monoisotopic (exact) mass is 517 g/mol. The van der Waals surface area contributed by atoms with Gasteiger partial charge in [-0.25, -0.2) is 0 Å². The number of aromatic amines is 1. The SMILES string of the molecule is CC(N)C(=O)O.CC(O)C(N)C(=O)O.NC(CO)C(=O)O.NC(Cc1c[nH]c2ccccc12)C(=O)O. The van der Waals surface area contributed by atoms with Crippen LogP contribution in [0.1, 0.15) is 19.4 Å². The van der Waals surface area contributed by atoms with E-state index in [1.807, 2.05) is 30.5 Å². The lowest BCUT2D eigenvalue weighted by molar-refractivity contribution is -0.141. The first kappa shape index (κ1) is 34.6. The first-order chi connectivity index (χ1) is 16.6. The molecular weight excluding hydrogens is 482 g/mol. The van der Waals surface area contributed by atoms with Crippen molar-refractivity contribution in [3.05, 3.63) is 36.0 Å². The van der Waals surface area contributed by atoms with E-state index in [9.17, 15) is 19.2 Å². The normalized spacial score (nSPS) is 14.1. The van der Waals surface area contributed by atoms with E-state index in [0.717, 1.165) is 16.5 Å². The maximum Gasteiger partial charge on any atom is 0.323 e. The minimum absolute atomic E-state index is 0.347. The molecule has 5 unspecified atom stereocenters. The Bertz CT molecular complexity index is 963. The maximum absolute atomic E-state index is 10.6. The lowest BCUT2D eigenvalue weighted by atomic mass is 10.1. The Morgan fingerprint density at radius 3 is 1.61 bits per heavy atom. The summed E-state index contributed by atoms with van der Waals surface area (Å²) in [5.74, 6) is -4.29. The third-order valence-corrected chi connectivity index (χ3v) is 4.14. The van der Waals surface area contributed by atoms with Gasteiger partial charge in [-0.1, -0.05) is 18.2 Å². The molecule has 0 aliphatic rings. The van der Waals surface area contributed by atoms with E-state index in [0.29, 0.717) is 6.42 Å². The molecule has 15 N–H and O–H groups in total. The van der Waals surface area contributed by atoms with Crippen molar-refractivity contribution < 1.29 is 49.8 Å². The van der Waals surface area contributed by atoms with Crippen molar-refractivity contribution in [1.29, 1.82) is 0 Å². The molecule has 0 spiro atoms. The summed E-state index contributed by atoms with van der Waals surface area (Å²) in [7, 11) is 0. The second-order valence-corrected chi connectivity index (χ2v) is 7.37. The minimum atomic E-state index is -1.18. The molecule has 36 heavy (non-hydrogen) atoms. The predicted octanol–water partition coefficient (Wildman–Crippen LogP) is -2.29. The molecular formula is C21H35N5O10. The van der Waals surface area contributed by atoms with E-state index < -0.39 is 60.8 Å². The fraction of sp³-hybridized carbons (Fsp3) is 0.429. The molecule has 15 heteroatoms. The molecule has 1 aromatic carbocycles. The van der Waals surface area contributed by atoms with Crippen molar-refractivity contribution in [3.8, 4) is 0 Å². The lowest BCUT2D eigenvalue weighted by Crippen LogP contribution is -2.39. The van der Waals surface area contributed by atoms with Crippen LogP contribution in [0, 0.1) is 0 Å². The van der Waals surface area contributed by atoms with E-state index in [1.165, 1.54) is 13.8 Å². The summed E-state index contributed by atoms with van der Waals surface area (Å²) in [5.41, 5.74) is 21.9.